The van der Waals surface area contributed by atoms with Gasteiger partial charge in [-0.2, -0.15) is 0 Å². The van der Waals surface area contributed by atoms with E-state index < -0.39 is 5.97 Å². The summed E-state index contributed by atoms with van der Waals surface area (Å²) in [5, 5.41) is 7.42. The first-order chi connectivity index (χ1) is 11.2. The molecule has 0 saturated carbocycles. The van der Waals surface area contributed by atoms with Crippen LogP contribution in [0.2, 0.25) is 0 Å². The number of carboxylic acids is 1. The lowest BCUT2D eigenvalue weighted by molar-refractivity contribution is -0.134. The summed E-state index contributed by atoms with van der Waals surface area (Å²) >= 11 is 0. The minimum Gasteiger partial charge on any atom is -0.481 e. The largest absolute Gasteiger partial charge is 0.481 e. The molecule has 0 aliphatic heterocycles. The first-order valence-corrected chi connectivity index (χ1v) is 7.88. The van der Waals surface area contributed by atoms with Crippen molar-refractivity contribution in [2.45, 2.75) is 82.6 Å². The summed E-state index contributed by atoms with van der Waals surface area (Å²) in [6.45, 7) is 17.7. The lowest BCUT2D eigenvalue weighted by Gasteiger charge is -1.71. The second kappa shape index (κ2) is 49.5. The van der Waals surface area contributed by atoms with Crippen LogP contribution in [-0.2, 0) is 24.0 Å². The van der Waals surface area contributed by atoms with E-state index in [0.717, 1.165) is 6.92 Å². The van der Waals surface area contributed by atoms with Crippen molar-refractivity contribution in [1.29, 1.82) is 0 Å². The molecule has 0 spiro atoms. The van der Waals surface area contributed by atoms with Gasteiger partial charge in [0.25, 0.3) is 5.97 Å². The molecule has 0 saturated heterocycles. The molecule has 0 radical (unpaired) electrons. The first kappa shape index (κ1) is 43.5. The SMILES string of the molecule is CC.CC(=O)O.CC(C)=O.CC(C)=O.CC(C)=O.CCC(C)=O.CN. The molecule has 7 nitrogen and oxygen atoms in total. The highest BCUT2D eigenvalue weighted by Gasteiger charge is 1.76. The summed E-state index contributed by atoms with van der Waals surface area (Å²) < 4.78 is 0. The van der Waals surface area contributed by atoms with Gasteiger partial charge in [0.2, 0.25) is 0 Å². The van der Waals surface area contributed by atoms with E-state index in [1.807, 2.05) is 20.8 Å². The number of aliphatic carboxylic acids is 1. The van der Waals surface area contributed by atoms with Crippen molar-refractivity contribution in [3.63, 3.8) is 0 Å². The Hall–Kier alpha value is -1.89. The number of ketones is 4. The number of carboxylic acid groups (broad SMARTS) is 1. The molecule has 0 aromatic rings. The van der Waals surface area contributed by atoms with Gasteiger partial charge in [-0.05, 0) is 55.5 Å². The maximum Gasteiger partial charge on any atom is 0.300 e. The third kappa shape index (κ3) is 739000. The van der Waals surface area contributed by atoms with E-state index in [1.165, 1.54) is 48.6 Å². The number of rotatable bonds is 1. The van der Waals surface area contributed by atoms with E-state index in [0.29, 0.717) is 6.42 Å². The normalized spacial score (nSPS) is 6.12. The number of nitrogens with two attached hydrogens (primary N) is 1. The molecule has 0 aromatic carbocycles. The predicted molar refractivity (Wildman–Crippen MR) is 105 cm³/mol. The molecule has 25 heavy (non-hydrogen) atoms. The Morgan fingerprint density at radius 1 is 0.640 bits per heavy atom. The highest BCUT2D eigenvalue weighted by molar-refractivity contribution is 5.75. The van der Waals surface area contributed by atoms with E-state index in [9.17, 15) is 19.2 Å². The van der Waals surface area contributed by atoms with Gasteiger partial charge in [0.15, 0.2) is 0 Å². The molecule has 0 aliphatic rings. The first-order valence-electron chi connectivity index (χ1n) is 7.88. The number of hydrogen-bond acceptors (Lipinski definition) is 6. The smallest absolute Gasteiger partial charge is 0.300 e. The van der Waals surface area contributed by atoms with Crippen LogP contribution in [0.4, 0.5) is 0 Å². The van der Waals surface area contributed by atoms with Crippen molar-refractivity contribution >= 4 is 29.1 Å². The minimum atomic E-state index is -0.833. The summed E-state index contributed by atoms with van der Waals surface area (Å²) in [6.07, 6.45) is 0.667. The Kier molecular flexibility index (Phi) is 86.2. The van der Waals surface area contributed by atoms with E-state index in [-0.39, 0.29) is 23.1 Å². The average molecular weight is 368 g/mol. The van der Waals surface area contributed by atoms with E-state index in [4.69, 9.17) is 9.90 Å². The van der Waals surface area contributed by atoms with Crippen LogP contribution in [-0.4, -0.2) is 41.3 Å². The zero-order chi connectivity index (χ0) is 22.6. The average Bonchev–Trinajstić information content (AvgIpc) is 2.40. The number of Topliss-reactive ketones (excluding diaryl/α,β-unsaturated/α-hetero) is 4. The molecule has 154 valence electrons. The molecule has 0 fully saturated rings. The molecule has 3 N–H and O–H groups in total. The van der Waals surface area contributed by atoms with Gasteiger partial charge in [-0.1, -0.05) is 20.8 Å². The van der Waals surface area contributed by atoms with Crippen LogP contribution in [0.3, 0.4) is 0 Å². The third-order valence-electron chi connectivity index (χ3n) is 0.498. The number of carbonyl (C=O) groups is 5. The quantitative estimate of drug-likeness (QED) is 0.725. The maximum atomic E-state index is 9.81. The monoisotopic (exact) mass is 367 g/mol. The van der Waals surface area contributed by atoms with Gasteiger partial charge in [-0.25, -0.2) is 0 Å². The van der Waals surface area contributed by atoms with Crippen molar-refractivity contribution < 1.29 is 29.1 Å². The van der Waals surface area contributed by atoms with Gasteiger partial charge in [-0.15, -0.1) is 0 Å². The second-order valence-corrected chi connectivity index (χ2v) is 4.30. The summed E-state index contributed by atoms with van der Waals surface area (Å²) in [7, 11) is 1.50. The van der Waals surface area contributed by atoms with Gasteiger partial charge in [0, 0.05) is 13.3 Å². The lowest BCUT2D eigenvalue weighted by atomic mass is 10.4. The Bertz CT molecular complexity index is 249. The fourth-order valence-electron chi connectivity index (χ4n) is 0. The lowest BCUT2D eigenvalue weighted by Crippen LogP contribution is -1.80. The van der Waals surface area contributed by atoms with E-state index in [2.05, 4.69) is 5.73 Å². The minimum absolute atomic E-state index is 0.167. The Balaban J connectivity index is -0.0000000309. The highest BCUT2D eigenvalue weighted by atomic mass is 16.4. The van der Waals surface area contributed by atoms with Crippen molar-refractivity contribution in [3.05, 3.63) is 0 Å². The molecule has 0 unspecified atom stereocenters. The van der Waals surface area contributed by atoms with Crippen LogP contribution in [0.1, 0.15) is 82.6 Å². The van der Waals surface area contributed by atoms with E-state index in [1.54, 1.807) is 6.92 Å². The van der Waals surface area contributed by atoms with Crippen LogP contribution < -0.4 is 5.73 Å². The van der Waals surface area contributed by atoms with Crippen LogP contribution in [0.15, 0.2) is 0 Å². The molecule has 0 aromatic heterocycles. The van der Waals surface area contributed by atoms with Crippen LogP contribution in [0, 0.1) is 0 Å². The topological polar surface area (TPSA) is 132 Å². The summed E-state index contributed by atoms with van der Waals surface area (Å²) in [5.41, 5.74) is 4.50. The predicted octanol–water partition coefficient (Wildman–Crippen LogP) is 3.46. The highest BCUT2D eigenvalue weighted by Crippen LogP contribution is 1.71. The Morgan fingerprint density at radius 3 is 0.680 bits per heavy atom. The fourth-order valence-corrected chi connectivity index (χ4v) is 0. The Morgan fingerprint density at radius 2 is 0.680 bits per heavy atom. The van der Waals surface area contributed by atoms with Crippen molar-refractivity contribution in [1.82, 2.24) is 0 Å². The molecule has 0 atom stereocenters. The molecule has 7 heteroatoms. The molecule has 0 aliphatic carbocycles. The van der Waals surface area contributed by atoms with Crippen molar-refractivity contribution in [2.24, 2.45) is 5.73 Å². The van der Waals surface area contributed by atoms with Crippen LogP contribution in [0.25, 0.3) is 0 Å². The molecular formula is C18H41NO6. The number of hydrogen-bond donors (Lipinski definition) is 2. The van der Waals surface area contributed by atoms with Gasteiger partial charge < -0.3 is 30.0 Å². The van der Waals surface area contributed by atoms with Gasteiger partial charge in [0.05, 0.1) is 0 Å². The standard InChI is InChI=1S/C4H8O.3C3H6O.C2H4O2.C2H6.CH5N/c1-3-4(2)5;3*1-3(2)4;1-2(3)4;2*1-2/h3H2,1-2H3;3*1-2H3;1H3,(H,3,4);1-2H3;2H2,1H3. The zero-order valence-electron chi connectivity index (χ0n) is 18.3. The van der Waals surface area contributed by atoms with Crippen molar-refractivity contribution in [3.8, 4) is 0 Å². The summed E-state index contributed by atoms with van der Waals surface area (Å²) in [4.78, 5) is 47.1. The van der Waals surface area contributed by atoms with Crippen molar-refractivity contribution in [2.75, 3.05) is 7.05 Å². The van der Waals surface area contributed by atoms with Crippen LogP contribution >= 0.6 is 0 Å². The molecule has 0 rings (SSSR count). The fraction of sp³-hybridized carbons (Fsp3) is 0.722. The molecular weight excluding hydrogens is 326 g/mol. The zero-order valence-corrected chi connectivity index (χ0v) is 18.3. The third-order valence-corrected chi connectivity index (χ3v) is 0.498. The summed E-state index contributed by atoms with van der Waals surface area (Å²) in [6, 6.07) is 0. The van der Waals surface area contributed by atoms with Gasteiger partial charge in [-0.3, -0.25) is 4.79 Å². The Labute approximate surface area is 154 Å². The summed E-state index contributed by atoms with van der Waals surface area (Å²) in [5.74, 6) is -0.0787. The van der Waals surface area contributed by atoms with Crippen LogP contribution in [0.5, 0.6) is 0 Å². The molecule has 0 heterocycles. The maximum absolute atomic E-state index is 9.81. The second-order valence-electron chi connectivity index (χ2n) is 4.30. The molecule has 0 bridgehead atoms. The number of carbonyl (C=O) groups excluding carboxylic acids is 4. The molecule has 0 amide bonds. The van der Waals surface area contributed by atoms with Gasteiger partial charge in [0.1, 0.15) is 23.1 Å². The van der Waals surface area contributed by atoms with Gasteiger partial charge >= 0.3 is 0 Å². The van der Waals surface area contributed by atoms with E-state index >= 15 is 0 Å².